The van der Waals surface area contributed by atoms with Gasteiger partial charge >= 0.3 is 0 Å². The number of hydrogen-bond donors (Lipinski definition) is 1. The van der Waals surface area contributed by atoms with Crippen LogP contribution < -0.4 is 0 Å². The number of fused-ring (bicyclic) bond motifs is 1. The molecule has 2 rings (SSSR count). The SMILES string of the molecule is Cc1cc2[nH]c(C=O)cc2c(Cl)n1. The molecule has 0 saturated carbocycles. The normalized spacial score (nSPS) is 10.6. The summed E-state index contributed by atoms with van der Waals surface area (Å²) < 4.78 is 0. The first-order valence-electron chi connectivity index (χ1n) is 3.82. The van der Waals surface area contributed by atoms with E-state index >= 15 is 0 Å². The molecule has 0 aliphatic rings. The number of nitrogens with one attached hydrogen (secondary N) is 1. The summed E-state index contributed by atoms with van der Waals surface area (Å²) in [5, 5.41) is 1.22. The Morgan fingerprint density at radius 3 is 3.00 bits per heavy atom. The van der Waals surface area contributed by atoms with Crippen molar-refractivity contribution < 1.29 is 4.79 Å². The number of aromatic nitrogens is 2. The Morgan fingerprint density at radius 2 is 2.31 bits per heavy atom. The average molecular weight is 195 g/mol. The van der Waals surface area contributed by atoms with Gasteiger partial charge in [0.25, 0.3) is 0 Å². The zero-order chi connectivity index (χ0) is 9.42. The lowest BCUT2D eigenvalue weighted by Gasteiger charge is -1.94. The summed E-state index contributed by atoms with van der Waals surface area (Å²) >= 11 is 5.89. The van der Waals surface area contributed by atoms with Crippen molar-refractivity contribution in [2.45, 2.75) is 6.92 Å². The number of hydrogen-bond acceptors (Lipinski definition) is 2. The minimum Gasteiger partial charge on any atom is -0.352 e. The second-order valence-corrected chi connectivity index (χ2v) is 3.22. The Bertz CT molecular complexity index is 476. The van der Waals surface area contributed by atoms with Gasteiger partial charge in [-0.15, -0.1) is 0 Å². The van der Waals surface area contributed by atoms with Crippen molar-refractivity contribution in [1.29, 1.82) is 0 Å². The van der Waals surface area contributed by atoms with Crippen LogP contribution in [0.3, 0.4) is 0 Å². The molecule has 3 nitrogen and oxygen atoms in total. The van der Waals surface area contributed by atoms with Crippen molar-refractivity contribution in [3.63, 3.8) is 0 Å². The standard InChI is InChI=1S/C9H7ClN2O/c1-5-2-8-7(9(10)11-5)3-6(4-13)12-8/h2-4,12H,1H3. The Labute approximate surface area is 79.7 Å². The van der Waals surface area contributed by atoms with Gasteiger partial charge in [-0.2, -0.15) is 0 Å². The number of halogens is 1. The highest BCUT2D eigenvalue weighted by Crippen LogP contribution is 2.22. The molecule has 13 heavy (non-hydrogen) atoms. The highest BCUT2D eigenvalue weighted by atomic mass is 35.5. The third-order valence-electron chi connectivity index (χ3n) is 1.85. The largest absolute Gasteiger partial charge is 0.352 e. The second kappa shape index (κ2) is 2.85. The number of aryl methyl sites for hydroxylation is 1. The topological polar surface area (TPSA) is 45.8 Å². The maximum Gasteiger partial charge on any atom is 0.166 e. The number of aldehydes is 1. The number of rotatable bonds is 1. The maximum atomic E-state index is 10.5. The summed E-state index contributed by atoms with van der Waals surface area (Å²) in [6.07, 6.45) is 0.756. The Hall–Kier alpha value is -1.35. The summed E-state index contributed by atoms with van der Waals surface area (Å²) in [6, 6.07) is 3.55. The smallest absolute Gasteiger partial charge is 0.166 e. The van der Waals surface area contributed by atoms with Crippen molar-refractivity contribution in [2.75, 3.05) is 0 Å². The number of nitrogens with zero attached hydrogens (tertiary/aromatic N) is 1. The van der Waals surface area contributed by atoms with E-state index in [1.54, 1.807) is 6.07 Å². The number of carbonyl (C=O) groups is 1. The highest BCUT2D eigenvalue weighted by molar-refractivity contribution is 6.34. The Balaban J connectivity index is 2.82. The van der Waals surface area contributed by atoms with Gasteiger partial charge < -0.3 is 4.98 Å². The molecule has 2 aromatic rings. The molecule has 0 aromatic carbocycles. The minimum absolute atomic E-state index is 0.430. The molecule has 1 N–H and O–H groups in total. The first-order valence-corrected chi connectivity index (χ1v) is 4.19. The minimum atomic E-state index is 0.430. The van der Waals surface area contributed by atoms with Gasteiger partial charge in [-0.05, 0) is 19.1 Å². The number of aromatic amines is 1. The fraction of sp³-hybridized carbons (Fsp3) is 0.111. The molecule has 66 valence electrons. The quantitative estimate of drug-likeness (QED) is 0.560. The molecule has 0 aliphatic heterocycles. The van der Waals surface area contributed by atoms with Crippen LogP contribution in [0.4, 0.5) is 0 Å². The van der Waals surface area contributed by atoms with E-state index in [0.717, 1.165) is 22.9 Å². The van der Waals surface area contributed by atoms with Crippen LogP contribution in [0.25, 0.3) is 10.9 Å². The van der Waals surface area contributed by atoms with Crippen molar-refractivity contribution in [3.8, 4) is 0 Å². The highest BCUT2D eigenvalue weighted by Gasteiger charge is 2.05. The van der Waals surface area contributed by atoms with Crippen LogP contribution in [0.2, 0.25) is 5.15 Å². The summed E-state index contributed by atoms with van der Waals surface area (Å²) in [7, 11) is 0. The van der Waals surface area contributed by atoms with Gasteiger partial charge in [0.05, 0.1) is 11.2 Å². The molecule has 0 fully saturated rings. The molecule has 0 radical (unpaired) electrons. The zero-order valence-electron chi connectivity index (χ0n) is 6.97. The van der Waals surface area contributed by atoms with Crippen molar-refractivity contribution >= 4 is 28.8 Å². The molecule has 0 atom stereocenters. The van der Waals surface area contributed by atoms with E-state index in [-0.39, 0.29) is 0 Å². The molecule has 0 spiro atoms. The maximum absolute atomic E-state index is 10.5. The summed E-state index contributed by atoms with van der Waals surface area (Å²) in [5.41, 5.74) is 2.20. The van der Waals surface area contributed by atoms with Crippen LogP contribution in [-0.2, 0) is 0 Å². The van der Waals surface area contributed by atoms with Gasteiger partial charge in [0.1, 0.15) is 5.15 Å². The van der Waals surface area contributed by atoms with Crippen LogP contribution in [0.5, 0.6) is 0 Å². The second-order valence-electron chi connectivity index (χ2n) is 2.86. The van der Waals surface area contributed by atoms with Crippen LogP contribution in [0.15, 0.2) is 12.1 Å². The van der Waals surface area contributed by atoms with Crippen LogP contribution in [-0.4, -0.2) is 16.3 Å². The monoisotopic (exact) mass is 194 g/mol. The molecule has 2 aromatic heterocycles. The zero-order valence-corrected chi connectivity index (χ0v) is 7.72. The van der Waals surface area contributed by atoms with Gasteiger partial charge in [0.15, 0.2) is 6.29 Å². The summed E-state index contributed by atoms with van der Waals surface area (Å²) in [5.74, 6) is 0. The fourth-order valence-electron chi connectivity index (χ4n) is 1.30. The predicted molar refractivity (Wildman–Crippen MR) is 51.2 cm³/mol. The Kier molecular flexibility index (Phi) is 1.81. The Morgan fingerprint density at radius 1 is 1.54 bits per heavy atom. The summed E-state index contributed by atoms with van der Waals surface area (Å²) in [4.78, 5) is 17.5. The molecule has 0 amide bonds. The first kappa shape index (κ1) is 8.26. The van der Waals surface area contributed by atoms with Gasteiger partial charge in [-0.25, -0.2) is 4.98 Å². The van der Waals surface area contributed by atoms with E-state index in [4.69, 9.17) is 11.6 Å². The van der Waals surface area contributed by atoms with Gasteiger partial charge in [0.2, 0.25) is 0 Å². The van der Waals surface area contributed by atoms with Gasteiger partial charge in [0, 0.05) is 11.1 Å². The number of pyridine rings is 1. The molecule has 0 saturated heterocycles. The molecule has 0 unspecified atom stereocenters. The lowest BCUT2D eigenvalue weighted by Crippen LogP contribution is -1.81. The number of carbonyl (C=O) groups excluding carboxylic acids is 1. The van der Waals surface area contributed by atoms with E-state index in [0.29, 0.717) is 10.8 Å². The lowest BCUT2D eigenvalue weighted by atomic mass is 10.3. The van der Waals surface area contributed by atoms with Gasteiger partial charge in [-0.1, -0.05) is 11.6 Å². The number of H-pyrrole nitrogens is 1. The molecule has 0 aliphatic carbocycles. The first-order chi connectivity index (χ1) is 6.20. The average Bonchev–Trinajstić information content (AvgIpc) is 2.47. The van der Waals surface area contributed by atoms with Crippen LogP contribution in [0, 0.1) is 6.92 Å². The third-order valence-corrected chi connectivity index (χ3v) is 2.13. The van der Waals surface area contributed by atoms with Crippen molar-refractivity contribution in [3.05, 3.63) is 28.7 Å². The van der Waals surface area contributed by atoms with Gasteiger partial charge in [-0.3, -0.25) is 4.79 Å². The molecule has 2 heterocycles. The van der Waals surface area contributed by atoms with Crippen molar-refractivity contribution in [1.82, 2.24) is 9.97 Å². The fourth-order valence-corrected chi connectivity index (χ4v) is 1.59. The molecule has 4 heteroatoms. The molecular formula is C9H7ClN2O. The van der Waals surface area contributed by atoms with Crippen LogP contribution in [0.1, 0.15) is 16.2 Å². The van der Waals surface area contributed by atoms with E-state index < -0.39 is 0 Å². The molecule has 0 bridgehead atoms. The van der Waals surface area contributed by atoms with Crippen molar-refractivity contribution in [2.24, 2.45) is 0 Å². The van der Waals surface area contributed by atoms with Crippen LogP contribution >= 0.6 is 11.6 Å². The third kappa shape index (κ3) is 1.31. The predicted octanol–water partition coefficient (Wildman–Crippen LogP) is 2.34. The molecular weight excluding hydrogens is 188 g/mol. The van der Waals surface area contributed by atoms with E-state index in [1.165, 1.54) is 0 Å². The van der Waals surface area contributed by atoms with E-state index in [9.17, 15) is 4.79 Å². The van der Waals surface area contributed by atoms with E-state index in [1.807, 2.05) is 13.0 Å². The van der Waals surface area contributed by atoms with E-state index in [2.05, 4.69) is 9.97 Å². The summed E-state index contributed by atoms with van der Waals surface area (Å²) in [6.45, 7) is 1.85. The lowest BCUT2D eigenvalue weighted by molar-refractivity contribution is 0.112.